The van der Waals surface area contributed by atoms with Gasteiger partial charge in [-0.1, -0.05) is 23.3 Å². The van der Waals surface area contributed by atoms with Crippen LogP contribution in [0.4, 0.5) is 11.8 Å². The number of pyridine rings is 1. The van der Waals surface area contributed by atoms with E-state index < -0.39 is 0 Å². The van der Waals surface area contributed by atoms with E-state index in [2.05, 4.69) is 30.3 Å². The molecule has 1 aliphatic rings. The van der Waals surface area contributed by atoms with Gasteiger partial charge in [0, 0.05) is 32.4 Å². The van der Waals surface area contributed by atoms with Crippen LogP contribution >= 0.6 is 0 Å². The third kappa shape index (κ3) is 4.18. The zero-order valence-corrected chi connectivity index (χ0v) is 16.3. The highest BCUT2D eigenvalue weighted by Crippen LogP contribution is 2.19. The maximum atomic E-state index is 11.8. The van der Waals surface area contributed by atoms with Crippen molar-refractivity contribution >= 4 is 17.7 Å². The van der Waals surface area contributed by atoms with Gasteiger partial charge in [0.05, 0.1) is 17.9 Å². The van der Waals surface area contributed by atoms with E-state index in [1.807, 2.05) is 36.4 Å². The summed E-state index contributed by atoms with van der Waals surface area (Å²) in [5.41, 5.74) is 1.40. The van der Waals surface area contributed by atoms with Crippen molar-refractivity contribution < 1.29 is 9.53 Å². The van der Waals surface area contributed by atoms with Gasteiger partial charge in [-0.05, 0) is 48.0 Å². The summed E-state index contributed by atoms with van der Waals surface area (Å²) in [7, 11) is 0. The summed E-state index contributed by atoms with van der Waals surface area (Å²) in [4.78, 5) is 20.7. The molecule has 1 aliphatic heterocycles. The number of hydrogen-bond acceptors (Lipinski definition) is 8. The van der Waals surface area contributed by atoms with Crippen LogP contribution in [-0.2, 0) is 4.74 Å². The number of benzene rings is 1. The standard InChI is InChI=1S/C20H23N7O2/c1-2-29-19(28)16-9-10-18(21-15-16)25-11-6-12-26(14-13-25)20-22-23-24-27(20)17-7-4-3-5-8-17/h3-5,7-10,15H,2,6,11-14H2,1H3. The summed E-state index contributed by atoms with van der Waals surface area (Å²) in [5.74, 6) is 1.24. The van der Waals surface area contributed by atoms with Gasteiger partial charge in [0.2, 0.25) is 5.95 Å². The number of ether oxygens (including phenoxy) is 1. The number of carbonyl (C=O) groups excluding carboxylic acids is 1. The minimum absolute atomic E-state index is 0.346. The Kier molecular flexibility index (Phi) is 5.64. The van der Waals surface area contributed by atoms with Gasteiger partial charge >= 0.3 is 5.97 Å². The SMILES string of the molecule is CCOC(=O)c1ccc(N2CCCN(c3nnnn3-c3ccccc3)CC2)nc1. The smallest absolute Gasteiger partial charge is 0.339 e. The number of anilines is 2. The zero-order chi connectivity index (χ0) is 20.1. The lowest BCUT2D eigenvalue weighted by Gasteiger charge is -2.23. The second-order valence-corrected chi connectivity index (χ2v) is 6.68. The highest BCUT2D eigenvalue weighted by Gasteiger charge is 2.21. The molecule has 0 radical (unpaired) electrons. The first-order valence-corrected chi connectivity index (χ1v) is 9.73. The summed E-state index contributed by atoms with van der Waals surface area (Å²) < 4.78 is 6.78. The molecular formula is C20H23N7O2. The minimum atomic E-state index is -0.346. The van der Waals surface area contributed by atoms with Crippen molar-refractivity contribution in [3.63, 3.8) is 0 Å². The van der Waals surface area contributed by atoms with Crippen LogP contribution in [0.2, 0.25) is 0 Å². The number of aromatic nitrogens is 5. The molecule has 0 N–H and O–H groups in total. The molecule has 2 aromatic heterocycles. The van der Waals surface area contributed by atoms with Crippen molar-refractivity contribution in [2.45, 2.75) is 13.3 Å². The summed E-state index contributed by atoms with van der Waals surface area (Å²) in [6.45, 7) is 5.42. The van der Waals surface area contributed by atoms with E-state index in [0.29, 0.717) is 12.2 Å². The molecule has 0 amide bonds. The van der Waals surface area contributed by atoms with Gasteiger partial charge in [-0.2, -0.15) is 4.68 Å². The molecule has 9 nitrogen and oxygen atoms in total. The fraction of sp³-hybridized carbons (Fsp3) is 0.350. The van der Waals surface area contributed by atoms with Crippen LogP contribution in [0.15, 0.2) is 48.7 Å². The molecule has 1 aromatic carbocycles. The zero-order valence-electron chi connectivity index (χ0n) is 16.3. The van der Waals surface area contributed by atoms with Gasteiger partial charge in [-0.3, -0.25) is 0 Å². The van der Waals surface area contributed by atoms with Gasteiger partial charge in [0.1, 0.15) is 5.82 Å². The van der Waals surface area contributed by atoms with Crippen molar-refractivity contribution in [2.75, 3.05) is 42.6 Å². The van der Waals surface area contributed by atoms with E-state index in [1.165, 1.54) is 0 Å². The molecular weight excluding hydrogens is 370 g/mol. The van der Waals surface area contributed by atoms with E-state index >= 15 is 0 Å². The predicted octanol–water partition coefficient (Wildman–Crippen LogP) is 1.95. The Labute approximate surface area is 168 Å². The molecule has 3 aromatic rings. The molecule has 0 saturated carbocycles. The Balaban J connectivity index is 1.45. The van der Waals surface area contributed by atoms with Crippen LogP contribution in [0.25, 0.3) is 5.69 Å². The molecule has 1 saturated heterocycles. The number of esters is 1. The Bertz CT molecular complexity index is 943. The van der Waals surface area contributed by atoms with Crippen LogP contribution < -0.4 is 9.80 Å². The van der Waals surface area contributed by atoms with Crippen LogP contribution in [0.5, 0.6) is 0 Å². The number of tetrazole rings is 1. The topological polar surface area (TPSA) is 89.3 Å². The molecule has 1 fully saturated rings. The monoisotopic (exact) mass is 393 g/mol. The van der Waals surface area contributed by atoms with Crippen molar-refractivity contribution in [2.24, 2.45) is 0 Å². The van der Waals surface area contributed by atoms with Gasteiger partial charge in [0.25, 0.3) is 0 Å². The molecule has 150 valence electrons. The highest BCUT2D eigenvalue weighted by atomic mass is 16.5. The normalized spacial score (nSPS) is 14.5. The fourth-order valence-corrected chi connectivity index (χ4v) is 3.37. The predicted molar refractivity (Wildman–Crippen MR) is 108 cm³/mol. The first-order valence-electron chi connectivity index (χ1n) is 9.73. The van der Waals surface area contributed by atoms with E-state index in [0.717, 1.165) is 50.1 Å². The van der Waals surface area contributed by atoms with Crippen molar-refractivity contribution in [1.29, 1.82) is 0 Å². The second kappa shape index (κ2) is 8.68. The van der Waals surface area contributed by atoms with Crippen molar-refractivity contribution in [3.05, 3.63) is 54.2 Å². The van der Waals surface area contributed by atoms with E-state index in [1.54, 1.807) is 23.9 Å². The van der Waals surface area contributed by atoms with Gasteiger partial charge in [0.15, 0.2) is 0 Å². The Hall–Kier alpha value is -3.49. The van der Waals surface area contributed by atoms with Crippen LogP contribution in [-0.4, -0.2) is 63.9 Å². The summed E-state index contributed by atoms with van der Waals surface area (Å²) in [6.07, 6.45) is 2.52. The highest BCUT2D eigenvalue weighted by molar-refractivity contribution is 5.89. The maximum absolute atomic E-state index is 11.8. The number of rotatable bonds is 5. The molecule has 0 atom stereocenters. The summed E-state index contributed by atoms with van der Waals surface area (Å²) >= 11 is 0. The number of hydrogen-bond donors (Lipinski definition) is 0. The lowest BCUT2D eigenvalue weighted by atomic mass is 10.2. The molecule has 0 bridgehead atoms. The van der Waals surface area contributed by atoms with Gasteiger partial charge in [-0.15, -0.1) is 0 Å². The molecule has 0 unspecified atom stereocenters. The van der Waals surface area contributed by atoms with E-state index in [9.17, 15) is 4.79 Å². The molecule has 0 spiro atoms. The van der Waals surface area contributed by atoms with Crippen LogP contribution in [0.3, 0.4) is 0 Å². The largest absolute Gasteiger partial charge is 0.462 e. The van der Waals surface area contributed by atoms with Gasteiger partial charge in [-0.25, -0.2) is 9.78 Å². The maximum Gasteiger partial charge on any atom is 0.339 e. The Morgan fingerprint density at radius 1 is 1.03 bits per heavy atom. The lowest BCUT2D eigenvalue weighted by Crippen LogP contribution is -2.32. The average molecular weight is 393 g/mol. The lowest BCUT2D eigenvalue weighted by molar-refractivity contribution is 0.0526. The Morgan fingerprint density at radius 3 is 2.59 bits per heavy atom. The van der Waals surface area contributed by atoms with E-state index in [4.69, 9.17) is 4.74 Å². The van der Waals surface area contributed by atoms with E-state index in [-0.39, 0.29) is 5.97 Å². The third-order valence-corrected chi connectivity index (χ3v) is 4.82. The minimum Gasteiger partial charge on any atom is -0.462 e. The summed E-state index contributed by atoms with van der Waals surface area (Å²) in [6, 6.07) is 13.5. The number of para-hydroxylation sites is 1. The number of nitrogens with zero attached hydrogens (tertiary/aromatic N) is 7. The summed E-state index contributed by atoms with van der Waals surface area (Å²) in [5, 5.41) is 12.3. The van der Waals surface area contributed by atoms with Crippen LogP contribution in [0.1, 0.15) is 23.7 Å². The van der Waals surface area contributed by atoms with Gasteiger partial charge < -0.3 is 14.5 Å². The first-order chi connectivity index (χ1) is 14.3. The van der Waals surface area contributed by atoms with Crippen molar-refractivity contribution in [1.82, 2.24) is 25.2 Å². The average Bonchev–Trinajstić information content (AvgIpc) is 3.12. The molecule has 4 rings (SSSR count). The second-order valence-electron chi connectivity index (χ2n) is 6.68. The third-order valence-electron chi connectivity index (χ3n) is 4.82. The number of carbonyl (C=O) groups is 1. The van der Waals surface area contributed by atoms with Crippen LogP contribution in [0, 0.1) is 0 Å². The quantitative estimate of drug-likeness (QED) is 0.608. The first kappa shape index (κ1) is 18.9. The molecule has 29 heavy (non-hydrogen) atoms. The molecule has 0 aliphatic carbocycles. The fourth-order valence-electron chi connectivity index (χ4n) is 3.37. The Morgan fingerprint density at radius 2 is 1.83 bits per heavy atom. The molecule has 3 heterocycles. The van der Waals surface area contributed by atoms with Crippen molar-refractivity contribution in [3.8, 4) is 5.69 Å². The molecule has 9 heteroatoms.